The summed E-state index contributed by atoms with van der Waals surface area (Å²) in [6.07, 6.45) is 3.64. The van der Waals surface area contributed by atoms with Gasteiger partial charge >= 0.3 is 5.97 Å². The molecule has 0 radical (unpaired) electrons. The first kappa shape index (κ1) is 15.0. The molecule has 5 heteroatoms. The Hall–Kier alpha value is -1.36. The maximum atomic E-state index is 11.6. The van der Waals surface area contributed by atoms with Crippen LogP contribution in [-0.2, 0) is 4.74 Å². The predicted octanol–water partition coefficient (Wildman–Crippen LogP) is 3.14. The van der Waals surface area contributed by atoms with Crippen molar-refractivity contribution in [1.29, 1.82) is 0 Å². The van der Waals surface area contributed by atoms with Crippen LogP contribution in [0.4, 0.5) is 11.4 Å². The van der Waals surface area contributed by atoms with Crippen molar-refractivity contribution in [3.63, 3.8) is 0 Å². The minimum absolute atomic E-state index is 0.334. The molecular weight excluding hydrogens is 272 g/mol. The predicted molar refractivity (Wildman–Crippen MR) is 85.4 cm³/mol. The van der Waals surface area contributed by atoms with Gasteiger partial charge in [0.25, 0.3) is 0 Å². The van der Waals surface area contributed by atoms with E-state index in [-0.39, 0.29) is 5.97 Å². The summed E-state index contributed by atoms with van der Waals surface area (Å²) in [4.78, 5) is 11.6. The second kappa shape index (κ2) is 6.88. The zero-order chi connectivity index (χ0) is 14.5. The number of anilines is 2. The first-order valence-electron chi connectivity index (χ1n) is 7.01. The molecule has 1 aromatic carbocycles. The van der Waals surface area contributed by atoms with E-state index in [9.17, 15) is 4.79 Å². The molecule has 0 bridgehead atoms. The Labute approximate surface area is 124 Å². The number of thioether (sulfide) groups is 1. The van der Waals surface area contributed by atoms with Crippen molar-refractivity contribution < 1.29 is 9.53 Å². The molecule has 0 heterocycles. The maximum absolute atomic E-state index is 11.6. The minimum atomic E-state index is -0.334. The van der Waals surface area contributed by atoms with Crippen molar-refractivity contribution in [1.82, 2.24) is 0 Å². The summed E-state index contributed by atoms with van der Waals surface area (Å²) in [7, 11) is 1.39. The van der Waals surface area contributed by atoms with Crippen LogP contribution in [0.2, 0.25) is 0 Å². The van der Waals surface area contributed by atoms with E-state index in [1.165, 1.54) is 20.0 Å². The van der Waals surface area contributed by atoms with E-state index in [1.54, 1.807) is 18.2 Å². The van der Waals surface area contributed by atoms with Crippen LogP contribution in [0.15, 0.2) is 18.2 Å². The lowest BCUT2D eigenvalue weighted by Gasteiger charge is -2.22. The number of hydrogen-bond donors (Lipinski definition) is 2. The molecule has 2 rings (SSSR count). The van der Waals surface area contributed by atoms with Crippen molar-refractivity contribution in [2.45, 2.75) is 37.5 Å². The zero-order valence-electron chi connectivity index (χ0n) is 12.0. The number of carbonyl (C=O) groups is 1. The number of rotatable bonds is 5. The first-order chi connectivity index (χ1) is 9.65. The molecule has 0 aliphatic heterocycles. The highest BCUT2D eigenvalue weighted by atomic mass is 32.2. The number of nitrogens with two attached hydrogens (primary N) is 1. The lowest BCUT2D eigenvalue weighted by molar-refractivity contribution is 0.0601. The largest absolute Gasteiger partial charge is 0.465 e. The smallest absolute Gasteiger partial charge is 0.337 e. The van der Waals surface area contributed by atoms with Gasteiger partial charge < -0.3 is 15.8 Å². The molecule has 3 N–H and O–H groups in total. The van der Waals surface area contributed by atoms with Gasteiger partial charge in [0.05, 0.1) is 24.0 Å². The molecule has 4 nitrogen and oxygen atoms in total. The summed E-state index contributed by atoms with van der Waals surface area (Å²) in [6.45, 7) is 2.19. The lowest BCUT2D eigenvalue weighted by Crippen LogP contribution is -2.26. The Kier molecular flexibility index (Phi) is 5.17. The Balaban J connectivity index is 2.13. The quantitative estimate of drug-likeness (QED) is 0.645. The van der Waals surface area contributed by atoms with Crippen LogP contribution < -0.4 is 11.1 Å². The van der Waals surface area contributed by atoms with Gasteiger partial charge in [-0.25, -0.2) is 4.79 Å². The third-order valence-corrected chi connectivity index (χ3v) is 4.97. The number of nitrogens with one attached hydrogen (secondary N) is 1. The molecule has 2 atom stereocenters. The van der Waals surface area contributed by atoms with Crippen LogP contribution in [-0.4, -0.2) is 30.1 Å². The van der Waals surface area contributed by atoms with Crippen LogP contribution in [0.1, 0.15) is 36.5 Å². The molecular formula is C15H22N2O2S. The Morgan fingerprint density at radius 2 is 2.30 bits per heavy atom. The number of nitrogen functional groups attached to an aromatic ring is 1. The Morgan fingerprint density at radius 1 is 1.50 bits per heavy atom. The van der Waals surface area contributed by atoms with Crippen molar-refractivity contribution in [3.05, 3.63) is 23.8 Å². The topological polar surface area (TPSA) is 64.3 Å². The van der Waals surface area contributed by atoms with E-state index in [4.69, 9.17) is 10.5 Å². The van der Waals surface area contributed by atoms with Crippen LogP contribution >= 0.6 is 11.8 Å². The van der Waals surface area contributed by atoms with Gasteiger partial charge in [-0.1, -0.05) is 13.3 Å². The van der Waals surface area contributed by atoms with E-state index >= 15 is 0 Å². The SMILES string of the molecule is CCSC1CCCC1Nc1cc(C(=O)OC)ccc1N. The van der Waals surface area contributed by atoms with Gasteiger partial charge in [0.2, 0.25) is 0 Å². The van der Waals surface area contributed by atoms with E-state index in [0.717, 1.165) is 17.9 Å². The third-order valence-electron chi connectivity index (χ3n) is 3.65. The van der Waals surface area contributed by atoms with E-state index < -0.39 is 0 Å². The molecule has 0 spiro atoms. The molecule has 1 saturated carbocycles. The maximum Gasteiger partial charge on any atom is 0.337 e. The lowest BCUT2D eigenvalue weighted by atomic mass is 10.1. The van der Waals surface area contributed by atoms with E-state index in [1.807, 2.05) is 11.8 Å². The summed E-state index contributed by atoms with van der Waals surface area (Å²) < 4.78 is 4.75. The van der Waals surface area contributed by atoms with Crippen LogP contribution in [0.3, 0.4) is 0 Å². The fourth-order valence-electron chi connectivity index (χ4n) is 2.63. The summed E-state index contributed by atoms with van der Waals surface area (Å²) in [5, 5.41) is 4.14. The molecule has 20 heavy (non-hydrogen) atoms. The number of carbonyl (C=O) groups excluding carboxylic acids is 1. The molecule has 1 aromatic rings. The molecule has 1 fully saturated rings. The van der Waals surface area contributed by atoms with Gasteiger partial charge in [-0.2, -0.15) is 11.8 Å². The van der Waals surface area contributed by atoms with Gasteiger partial charge in [-0.15, -0.1) is 0 Å². The van der Waals surface area contributed by atoms with Crippen LogP contribution in [0.25, 0.3) is 0 Å². The highest BCUT2D eigenvalue weighted by molar-refractivity contribution is 7.99. The molecule has 1 aliphatic carbocycles. The van der Waals surface area contributed by atoms with E-state index in [0.29, 0.717) is 22.5 Å². The first-order valence-corrected chi connectivity index (χ1v) is 8.06. The minimum Gasteiger partial charge on any atom is -0.465 e. The number of methoxy groups -OCH3 is 1. The van der Waals surface area contributed by atoms with Crippen LogP contribution in [0.5, 0.6) is 0 Å². The fourth-order valence-corrected chi connectivity index (χ4v) is 3.83. The van der Waals surface area contributed by atoms with Gasteiger partial charge in [0, 0.05) is 11.3 Å². The molecule has 110 valence electrons. The van der Waals surface area contributed by atoms with Gasteiger partial charge in [0.15, 0.2) is 0 Å². The number of ether oxygens (including phenoxy) is 1. The fraction of sp³-hybridized carbons (Fsp3) is 0.533. The molecule has 0 saturated heterocycles. The second-order valence-corrected chi connectivity index (χ2v) is 6.49. The Morgan fingerprint density at radius 3 is 3.00 bits per heavy atom. The molecule has 0 amide bonds. The summed E-state index contributed by atoms with van der Waals surface area (Å²) in [6, 6.07) is 5.66. The number of hydrogen-bond acceptors (Lipinski definition) is 5. The highest BCUT2D eigenvalue weighted by Gasteiger charge is 2.27. The van der Waals surface area contributed by atoms with Crippen molar-refractivity contribution in [2.24, 2.45) is 0 Å². The Bertz CT molecular complexity index is 479. The van der Waals surface area contributed by atoms with Crippen LogP contribution in [0, 0.1) is 0 Å². The third kappa shape index (κ3) is 3.39. The van der Waals surface area contributed by atoms with Gasteiger partial charge in [0.1, 0.15) is 0 Å². The monoisotopic (exact) mass is 294 g/mol. The second-order valence-electron chi connectivity index (χ2n) is 4.97. The summed E-state index contributed by atoms with van der Waals surface area (Å²) >= 11 is 1.99. The van der Waals surface area contributed by atoms with E-state index in [2.05, 4.69) is 12.2 Å². The average Bonchev–Trinajstić information content (AvgIpc) is 2.88. The van der Waals surface area contributed by atoms with Crippen molar-refractivity contribution in [2.75, 3.05) is 23.9 Å². The molecule has 1 aliphatic rings. The molecule has 0 aromatic heterocycles. The zero-order valence-corrected chi connectivity index (χ0v) is 12.8. The van der Waals surface area contributed by atoms with Gasteiger partial charge in [-0.3, -0.25) is 0 Å². The average molecular weight is 294 g/mol. The standard InChI is InChI=1S/C15H22N2O2S/c1-3-20-14-6-4-5-12(14)17-13-9-10(15(18)19-2)7-8-11(13)16/h7-9,12,14,17H,3-6,16H2,1-2H3. The van der Waals surface area contributed by atoms with Crippen molar-refractivity contribution >= 4 is 29.1 Å². The normalized spacial score (nSPS) is 21.7. The van der Waals surface area contributed by atoms with Gasteiger partial charge in [-0.05, 0) is 36.8 Å². The molecule has 2 unspecified atom stereocenters. The number of benzene rings is 1. The summed E-state index contributed by atoms with van der Waals surface area (Å²) in [5.74, 6) is 0.791. The highest BCUT2D eigenvalue weighted by Crippen LogP contribution is 2.33. The van der Waals surface area contributed by atoms with Crippen molar-refractivity contribution in [3.8, 4) is 0 Å². The summed E-state index contributed by atoms with van der Waals surface area (Å²) in [5.41, 5.74) is 8.04. The number of esters is 1.